The van der Waals surface area contributed by atoms with Gasteiger partial charge in [0.2, 0.25) is 0 Å². The number of halogens is 1. The largest absolute Gasteiger partial charge is 0.328 e. The Morgan fingerprint density at radius 1 is 1.05 bits per heavy atom. The van der Waals surface area contributed by atoms with Crippen molar-refractivity contribution in [1.82, 2.24) is 0 Å². The summed E-state index contributed by atoms with van der Waals surface area (Å²) < 4.78 is 0. The van der Waals surface area contributed by atoms with Crippen LogP contribution >= 0.6 is 15.9 Å². The van der Waals surface area contributed by atoms with Crippen molar-refractivity contribution in [1.29, 1.82) is 10.5 Å². The Balaban J connectivity index is -0.000000118. The number of unbranched alkanes of at least 4 members (excludes halogenated alkanes) is 4. The molecule has 0 aromatic heterocycles. The molecule has 0 atom stereocenters. The number of nitrogens with zero attached hydrogens (tertiary/aromatic N) is 4. The molecule has 0 fully saturated rings. The van der Waals surface area contributed by atoms with E-state index < -0.39 is 10.2 Å². The molecule has 12 heteroatoms. The number of alkyl halides is 1. The molecule has 0 aromatic rings. The van der Waals surface area contributed by atoms with E-state index in [0.717, 1.165) is 18.2 Å². The first-order chi connectivity index (χ1) is 9.92. The maximum absolute atomic E-state index is 9.55. The van der Waals surface area contributed by atoms with Crippen molar-refractivity contribution in [2.24, 2.45) is 0 Å². The molecule has 131 valence electrons. The third kappa shape index (κ3) is 62.5. The minimum absolute atomic E-state index is 0. The summed E-state index contributed by atoms with van der Waals surface area (Å²) >= 11 is 3.27. The Morgan fingerprint density at radius 3 is 1.77 bits per heavy atom. The monoisotopic (exact) mass is 475 g/mol. The van der Waals surface area contributed by atoms with Crippen LogP contribution in [0.3, 0.4) is 0 Å². The van der Waals surface area contributed by atoms with Gasteiger partial charge in [-0.2, -0.15) is 10.5 Å². The van der Waals surface area contributed by atoms with Gasteiger partial charge in [-0.15, -0.1) is 20.2 Å². The zero-order valence-corrected chi connectivity index (χ0v) is 14.7. The molecule has 0 spiro atoms. The second-order valence-corrected chi connectivity index (χ2v) is 4.01. The summed E-state index contributed by atoms with van der Waals surface area (Å²) in [4.78, 5) is 21.9. The molecule has 0 amide bonds. The van der Waals surface area contributed by atoms with E-state index in [1.165, 1.54) is 0 Å². The molecule has 0 aliphatic rings. The van der Waals surface area contributed by atoms with Crippen LogP contribution in [-0.4, -0.2) is 27.3 Å². The van der Waals surface area contributed by atoms with Crippen LogP contribution in [0.5, 0.6) is 0 Å². The average Bonchev–Trinajstić information content (AvgIpc) is 2.39. The van der Waals surface area contributed by atoms with E-state index in [2.05, 4.69) is 26.8 Å². The molecule has 22 heavy (non-hydrogen) atoms. The molecule has 0 unspecified atom stereocenters. The van der Waals surface area contributed by atoms with Gasteiger partial charge in [-0.05, 0) is 25.7 Å². The Kier molecular flexibility index (Phi) is 36.4. The first-order valence-electron chi connectivity index (χ1n) is 5.82. The quantitative estimate of drug-likeness (QED) is 0.183. The SMILES string of the molecule is N#CCCCCBr.N#CCCCCO[N+](=O)[O-].O=[N+]([O-])O.[Ag]. The van der Waals surface area contributed by atoms with Crippen LogP contribution in [-0.2, 0) is 27.2 Å². The Bertz CT molecular complexity index is 343. The predicted molar refractivity (Wildman–Crippen MR) is 74.4 cm³/mol. The number of hydrogen-bond donors (Lipinski definition) is 1. The van der Waals surface area contributed by atoms with Crippen LogP contribution in [0.4, 0.5) is 0 Å². The number of nitriles is 2. The average molecular weight is 477 g/mol. The summed E-state index contributed by atoms with van der Waals surface area (Å²) in [5.74, 6) is 0. The van der Waals surface area contributed by atoms with E-state index in [1.54, 1.807) is 0 Å². The molecule has 0 aromatic carbocycles. The molecule has 0 aliphatic carbocycles. The fourth-order valence-electron chi connectivity index (χ4n) is 0.744. The fraction of sp³-hybridized carbons (Fsp3) is 0.800. The summed E-state index contributed by atoms with van der Waals surface area (Å²) in [5, 5.41) is 39.5. The van der Waals surface area contributed by atoms with Crippen molar-refractivity contribution in [3.63, 3.8) is 0 Å². The maximum Gasteiger partial charge on any atom is 0.294 e. The minimum Gasteiger partial charge on any atom is -0.328 e. The van der Waals surface area contributed by atoms with Crippen LogP contribution in [0.2, 0.25) is 0 Å². The van der Waals surface area contributed by atoms with E-state index >= 15 is 0 Å². The second-order valence-electron chi connectivity index (χ2n) is 3.21. The molecule has 0 saturated carbocycles. The van der Waals surface area contributed by atoms with Crippen molar-refractivity contribution < 1.29 is 42.6 Å². The van der Waals surface area contributed by atoms with Gasteiger partial charge >= 0.3 is 0 Å². The first kappa shape index (κ1) is 28.7. The molecule has 1 N–H and O–H groups in total. The number of hydrogen-bond acceptors (Lipinski definition) is 7. The van der Waals surface area contributed by atoms with Gasteiger partial charge in [-0.3, -0.25) is 0 Å². The molecule has 0 bridgehead atoms. The zero-order valence-electron chi connectivity index (χ0n) is 11.6. The summed E-state index contributed by atoms with van der Waals surface area (Å²) in [6.45, 7) is 0.0919. The number of rotatable bonds is 8. The molecule has 0 saturated heterocycles. The molecular formula is C10H17AgBrN4O6. The molecule has 1 radical (unpaired) electrons. The van der Waals surface area contributed by atoms with Gasteiger partial charge in [-0.25, -0.2) is 0 Å². The van der Waals surface area contributed by atoms with Gasteiger partial charge in [0.05, 0.1) is 18.7 Å². The molecule has 0 rings (SSSR count). The van der Waals surface area contributed by atoms with Crippen molar-refractivity contribution in [2.45, 2.75) is 38.5 Å². The van der Waals surface area contributed by atoms with Crippen LogP contribution in [0.25, 0.3) is 0 Å². The summed E-state index contributed by atoms with van der Waals surface area (Å²) in [7, 11) is 0. The predicted octanol–water partition coefficient (Wildman–Crippen LogP) is 2.61. The van der Waals surface area contributed by atoms with Crippen LogP contribution in [0.1, 0.15) is 38.5 Å². The summed E-state index contributed by atoms with van der Waals surface area (Å²) in [6, 6.07) is 4.01. The van der Waals surface area contributed by atoms with Crippen molar-refractivity contribution in [3.8, 4) is 12.1 Å². The van der Waals surface area contributed by atoms with Gasteiger partial charge in [-0.1, -0.05) is 15.9 Å². The van der Waals surface area contributed by atoms with Crippen molar-refractivity contribution >= 4 is 15.9 Å². The van der Waals surface area contributed by atoms with E-state index in [1.807, 2.05) is 6.07 Å². The van der Waals surface area contributed by atoms with E-state index in [0.29, 0.717) is 25.7 Å². The van der Waals surface area contributed by atoms with Gasteiger partial charge in [0.1, 0.15) is 0 Å². The van der Waals surface area contributed by atoms with E-state index in [4.69, 9.17) is 25.8 Å². The van der Waals surface area contributed by atoms with Crippen molar-refractivity contribution in [2.75, 3.05) is 11.9 Å². The first-order valence-corrected chi connectivity index (χ1v) is 6.94. The topological polar surface area (TPSA) is 163 Å². The van der Waals surface area contributed by atoms with E-state index in [-0.39, 0.29) is 29.0 Å². The second kappa shape index (κ2) is 27.9. The zero-order chi connectivity index (χ0) is 16.9. The normalized spacial score (nSPS) is 7.41. The van der Waals surface area contributed by atoms with Gasteiger partial charge in [0, 0.05) is 40.6 Å². The van der Waals surface area contributed by atoms with Crippen LogP contribution < -0.4 is 0 Å². The summed E-state index contributed by atoms with van der Waals surface area (Å²) in [5.41, 5.74) is 0. The molecule has 0 aliphatic heterocycles. The van der Waals surface area contributed by atoms with Gasteiger partial charge in [0.15, 0.2) is 0 Å². The minimum atomic E-state index is -1.50. The molecule has 10 nitrogen and oxygen atoms in total. The van der Waals surface area contributed by atoms with Gasteiger partial charge in [0.25, 0.3) is 10.2 Å². The fourth-order valence-corrected chi connectivity index (χ4v) is 1.14. The third-order valence-electron chi connectivity index (χ3n) is 1.55. The standard InChI is InChI=1S/C5H8BrN.C5H8N2O3.Ag.HNO3/c6-4-2-1-3-5-7;6-4-2-1-3-5-10-7(8)9;;2-1(3)4/h1-4H2;1-3,5H2;;(H,2,3,4). The third-order valence-corrected chi connectivity index (χ3v) is 2.11. The van der Waals surface area contributed by atoms with E-state index in [9.17, 15) is 10.1 Å². The van der Waals surface area contributed by atoms with Crippen LogP contribution in [0.15, 0.2) is 0 Å². The Hall–Kier alpha value is -1.40. The molecule has 0 heterocycles. The van der Waals surface area contributed by atoms with Gasteiger partial charge < -0.3 is 10.0 Å². The van der Waals surface area contributed by atoms with Crippen molar-refractivity contribution in [3.05, 3.63) is 20.2 Å². The Labute approximate surface area is 151 Å². The smallest absolute Gasteiger partial charge is 0.294 e. The maximum atomic E-state index is 9.55. The molecular weight excluding hydrogens is 460 g/mol. The van der Waals surface area contributed by atoms with Crippen LogP contribution in [0, 0.1) is 42.9 Å². The Morgan fingerprint density at radius 2 is 1.45 bits per heavy atom. The summed E-state index contributed by atoms with van der Waals surface area (Å²) in [6.07, 6.45) is 4.50.